The van der Waals surface area contributed by atoms with Gasteiger partial charge in [-0.25, -0.2) is 14.8 Å². The molecule has 0 saturated carbocycles. The number of fused-ring (bicyclic) bond motifs is 1. The molecule has 8 nitrogen and oxygen atoms in total. The number of urea groups is 1. The van der Waals surface area contributed by atoms with E-state index in [1.165, 1.54) is 0 Å². The standard InChI is InChI=1S/C25H25N5O3/c1-17(31)19-9-10-29(16-19)24-26-14-20(15-27-24)18-7-8-22-23(13-18)33-12-11-30(22)25(32)28-21-5-3-2-4-6-21/h2-8,13-15,19H,9-12,16H2,1H3,(H,28,32). The van der Waals surface area contributed by atoms with Crippen molar-refractivity contribution in [3.8, 4) is 16.9 Å². The van der Waals surface area contributed by atoms with Gasteiger partial charge in [0, 0.05) is 42.7 Å². The van der Waals surface area contributed by atoms with Gasteiger partial charge >= 0.3 is 6.03 Å². The minimum Gasteiger partial charge on any atom is -0.490 e. The Morgan fingerprint density at radius 2 is 1.82 bits per heavy atom. The first kappa shape index (κ1) is 20.9. The quantitative estimate of drug-likeness (QED) is 0.656. The van der Waals surface area contributed by atoms with E-state index in [2.05, 4.69) is 20.2 Å². The number of rotatable bonds is 4. The lowest BCUT2D eigenvalue weighted by atomic mass is 10.1. The Balaban J connectivity index is 1.32. The number of nitrogens with one attached hydrogen (secondary N) is 1. The zero-order chi connectivity index (χ0) is 22.8. The van der Waals surface area contributed by atoms with Gasteiger partial charge in [0.15, 0.2) is 0 Å². The maximum absolute atomic E-state index is 12.8. The average Bonchev–Trinajstić information content (AvgIpc) is 3.35. The third kappa shape index (κ3) is 4.37. The Hall–Kier alpha value is -3.94. The summed E-state index contributed by atoms with van der Waals surface area (Å²) in [6.07, 6.45) is 4.42. The second-order valence-electron chi connectivity index (χ2n) is 8.29. The molecule has 5 rings (SSSR count). The number of anilines is 3. The van der Waals surface area contributed by atoms with Crippen LogP contribution < -0.4 is 19.9 Å². The second-order valence-corrected chi connectivity index (χ2v) is 8.29. The molecule has 1 unspecified atom stereocenters. The highest BCUT2D eigenvalue weighted by atomic mass is 16.5. The van der Waals surface area contributed by atoms with Crippen molar-refractivity contribution in [2.24, 2.45) is 5.92 Å². The van der Waals surface area contributed by atoms with Crippen molar-refractivity contribution in [2.75, 3.05) is 41.4 Å². The number of benzene rings is 2. The second kappa shape index (κ2) is 8.90. The Kier molecular flexibility index (Phi) is 5.64. The van der Waals surface area contributed by atoms with Crippen molar-refractivity contribution < 1.29 is 14.3 Å². The van der Waals surface area contributed by atoms with E-state index in [-0.39, 0.29) is 17.7 Å². The van der Waals surface area contributed by atoms with Crippen LogP contribution in [0.15, 0.2) is 60.9 Å². The monoisotopic (exact) mass is 443 g/mol. The zero-order valence-electron chi connectivity index (χ0n) is 18.4. The van der Waals surface area contributed by atoms with Crippen LogP contribution in [0.5, 0.6) is 5.75 Å². The Morgan fingerprint density at radius 1 is 1.03 bits per heavy atom. The molecule has 1 atom stereocenters. The molecule has 0 radical (unpaired) electrons. The molecule has 33 heavy (non-hydrogen) atoms. The number of para-hydroxylation sites is 1. The summed E-state index contributed by atoms with van der Waals surface area (Å²) in [6.45, 7) is 3.99. The van der Waals surface area contributed by atoms with Crippen molar-refractivity contribution in [2.45, 2.75) is 13.3 Å². The molecule has 1 fully saturated rings. The fraction of sp³-hybridized carbons (Fsp3) is 0.280. The van der Waals surface area contributed by atoms with Gasteiger partial charge in [0.25, 0.3) is 0 Å². The molecule has 1 aromatic heterocycles. The van der Waals surface area contributed by atoms with Gasteiger partial charge < -0.3 is 15.0 Å². The number of ether oxygens (including phenoxy) is 1. The molecule has 1 N–H and O–H groups in total. The lowest BCUT2D eigenvalue weighted by Gasteiger charge is -2.30. The van der Waals surface area contributed by atoms with Gasteiger partial charge in [-0.1, -0.05) is 24.3 Å². The van der Waals surface area contributed by atoms with Gasteiger partial charge in [0.05, 0.1) is 12.2 Å². The van der Waals surface area contributed by atoms with Gasteiger partial charge in [-0.15, -0.1) is 0 Å². The summed E-state index contributed by atoms with van der Waals surface area (Å²) in [7, 11) is 0. The number of carbonyl (C=O) groups excluding carboxylic acids is 2. The molecule has 0 spiro atoms. The number of aromatic nitrogens is 2. The topological polar surface area (TPSA) is 87.7 Å². The molecule has 0 bridgehead atoms. The van der Waals surface area contributed by atoms with Crippen molar-refractivity contribution in [1.82, 2.24) is 9.97 Å². The molecule has 2 aromatic carbocycles. The molecule has 1 saturated heterocycles. The molecule has 0 aliphatic carbocycles. The van der Waals surface area contributed by atoms with E-state index in [0.717, 1.165) is 35.5 Å². The smallest absolute Gasteiger partial charge is 0.326 e. The predicted octanol–water partition coefficient (Wildman–Crippen LogP) is 3.99. The Bertz CT molecular complexity index is 1170. The highest BCUT2D eigenvalue weighted by molar-refractivity contribution is 6.03. The number of hydrogen-bond acceptors (Lipinski definition) is 6. The first-order valence-electron chi connectivity index (χ1n) is 11.1. The highest BCUT2D eigenvalue weighted by Crippen LogP contribution is 2.36. The minimum absolute atomic E-state index is 0.0631. The summed E-state index contributed by atoms with van der Waals surface area (Å²) < 4.78 is 5.85. The molecular formula is C25H25N5O3. The van der Waals surface area contributed by atoms with E-state index < -0.39 is 0 Å². The molecule has 2 aliphatic rings. The average molecular weight is 444 g/mol. The number of ketones is 1. The van der Waals surface area contributed by atoms with E-state index in [9.17, 15) is 9.59 Å². The summed E-state index contributed by atoms with van der Waals surface area (Å²) in [6, 6.07) is 14.9. The zero-order valence-corrected chi connectivity index (χ0v) is 18.4. The summed E-state index contributed by atoms with van der Waals surface area (Å²) in [5, 5.41) is 2.93. The number of Topliss-reactive ketones (excluding diaryl/α,β-unsaturated/α-hetero) is 1. The van der Waals surface area contributed by atoms with Crippen LogP contribution >= 0.6 is 0 Å². The third-order valence-electron chi connectivity index (χ3n) is 6.11. The van der Waals surface area contributed by atoms with Gasteiger partial charge in [-0.05, 0) is 43.2 Å². The maximum atomic E-state index is 12.8. The van der Waals surface area contributed by atoms with Crippen molar-refractivity contribution in [3.63, 3.8) is 0 Å². The van der Waals surface area contributed by atoms with Crippen LogP contribution in [0.3, 0.4) is 0 Å². The number of nitrogens with zero attached hydrogens (tertiary/aromatic N) is 4. The van der Waals surface area contributed by atoms with Crippen LogP contribution in [0, 0.1) is 5.92 Å². The molecule has 2 amide bonds. The Labute approximate surface area is 192 Å². The van der Waals surface area contributed by atoms with E-state index in [4.69, 9.17) is 4.74 Å². The van der Waals surface area contributed by atoms with Crippen LogP contribution in [-0.2, 0) is 4.79 Å². The van der Waals surface area contributed by atoms with E-state index in [1.807, 2.05) is 48.5 Å². The number of carbonyl (C=O) groups is 2. The predicted molar refractivity (Wildman–Crippen MR) is 127 cm³/mol. The fourth-order valence-electron chi connectivity index (χ4n) is 4.23. The van der Waals surface area contributed by atoms with Gasteiger partial charge in [-0.2, -0.15) is 0 Å². The van der Waals surface area contributed by atoms with Crippen LogP contribution in [0.2, 0.25) is 0 Å². The van der Waals surface area contributed by atoms with Gasteiger partial charge in [0.2, 0.25) is 5.95 Å². The van der Waals surface area contributed by atoms with Crippen LogP contribution in [-0.4, -0.2) is 48.0 Å². The summed E-state index contributed by atoms with van der Waals surface area (Å²) >= 11 is 0. The van der Waals surface area contributed by atoms with E-state index in [1.54, 1.807) is 24.2 Å². The highest BCUT2D eigenvalue weighted by Gasteiger charge is 2.27. The molecule has 3 aromatic rings. The van der Waals surface area contributed by atoms with Gasteiger partial charge in [-0.3, -0.25) is 9.69 Å². The normalized spacial score (nSPS) is 17.3. The lowest BCUT2D eigenvalue weighted by molar-refractivity contribution is -0.120. The maximum Gasteiger partial charge on any atom is 0.326 e. The summed E-state index contributed by atoms with van der Waals surface area (Å²) in [5.41, 5.74) is 3.24. The first-order chi connectivity index (χ1) is 16.1. The third-order valence-corrected chi connectivity index (χ3v) is 6.11. The molecule has 8 heteroatoms. The SMILES string of the molecule is CC(=O)C1CCN(c2ncc(-c3ccc4c(c3)OCCN4C(=O)Nc3ccccc3)cn2)C1. The lowest BCUT2D eigenvalue weighted by Crippen LogP contribution is -2.40. The van der Waals surface area contributed by atoms with Crippen LogP contribution in [0.1, 0.15) is 13.3 Å². The molecule has 168 valence electrons. The van der Waals surface area contributed by atoms with Crippen molar-refractivity contribution in [1.29, 1.82) is 0 Å². The first-order valence-corrected chi connectivity index (χ1v) is 11.1. The fourth-order valence-corrected chi connectivity index (χ4v) is 4.23. The van der Waals surface area contributed by atoms with Crippen molar-refractivity contribution >= 4 is 29.1 Å². The van der Waals surface area contributed by atoms with Crippen molar-refractivity contribution in [3.05, 3.63) is 60.9 Å². The van der Waals surface area contributed by atoms with E-state index >= 15 is 0 Å². The number of amides is 2. The van der Waals surface area contributed by atoms with Gasteiger partial charge in [0.1, 0.15) is 18.1 Å². The van der Waals surface area contributed by atoms with E-state index in [0.29, 0.717) is 31.4 Å². The largest absolute Gasteiger partial charge is 0.490 e. The summed E-state index contributed by atoms with van der Waals surface area (Å²) in [4.78, 5) is 37.2. The Morgan fingerprint density at radius 3 is 2.55 bits per heavy atom. The number of hydrogen-bond donors (Lipinski definition) is 1. The van der Waals surface area contributed by atoms with Crippen LogP contribution in [0.4, 0.5) is 22.1 Å². The molecule has 3 heterocycles. The molecular weight excluding hydrogens is 418 g/mol. The summed E-state index contributed by atoms with van der Waals surface area (Å²) in [5.74, 6) is 1.57. The minimum atomic E-state index is -0.194. The molecule has 2 aliphatic heterocycles. The van der Waals surface area contributed by atoms with Crippen LogP contribution in [0.25, 0.3) is 11.1 Å².